The van der Waals surface area contributed by atoms with Crippen LogP contribution >= 0.6 is 0 Å². The first-order valence-corrected chi connectivity index (χ1v) is 10.3. The fourth-order valence-corrected chi connectivity index (χ4v) is 4.32. The molecule has 1 spiro atoms. The quantitative estimate of drug-likeness (QED) is 0.750. The summed E-state index contributed by atoms with van der Waals surface area (Å²) in [6.45, 7) is 4.19. The van der Waals surface area contributed by atoms with E-state index in [2.05, 4.69) is 30.9 Å². The van der Waals surface area contributed by atoms with Crippen molar-refractivity contribution in [1.29, 1.82) is 0 Å². The highest BCUT2D eigenvalue weighted by Gasteiger charge is 2.43. The van der Waals surface area contributed by atoms with E-state index >= 15 is 0 Å². The van der Waals surface area contributed by atoms with E-state index in [0.717, 1.165) is 25.5 Å². The molecule has 9 nitrogen and oxygen atoms in total. The van der Waals surface area contributed by atoms with E-state index in [0.29, 0.717) is 11.4 Å². The molecule has 2 fully saturated rings. The van der Waals surface area contributed by atoms with Gasteiger partial charge in [-0.05, 0) is 38.3 Å². The highest BCUT2D eigenvalue weighted by Crippen LogP contribution is 2.40. The lowest BCUT2D eigenvalue weighted by Crippen LogP contribution is -2.52. The van der Waals surface area contributed by atoms with Crippen molar-refractivity contribution < 1.29 is 27.8 Å². The monoisotopic (exact) mass is 456 g/mol. The predicted molar refractivity (Wildman–Crippen MR) is 109 cm³/mol. The molecule has 12 heteroatoms. The number of methoxy groups -OCH3 is 1. The van der Waals surface area contributed by atoms with Gasteiger partial charge < -0.3 is 14.7 Å². The number of aliphatic carboxylic acids is 1. The maximum absolute atomic E-state index is 10.6. The Balaban J connectivity index is 0.000000360. The summed E-state index contributed by atoms with van der Waals surface area (Å²) >= 11 is 0. The molecule has 4 heterocycles. The highest BCUT2D eigenvalue weighted by molar-refractivity contribution is 5.73. The number of ether oxygens (including phenoxy) is 1. The van der Waals surface area contributed by atoms with Gasteiger partial charge in [-0.15, -0.1) is 0 Å². The lowest BCUT2D eigenvalue weighted by molar-refractivity contribution is -0.192. The van der Waals surface area contributed by atoms with Crippen LogP contribution in [0, 0.1) is 0 Å². The topological polar surface area (TPSA) is 96.6 Å². The molecular formula is C20H27F3N6O3. The van der Waals surface area contributed by atoms with Gasteiger partial charge in [-0.25, -0.2) is 14.8 Å². The third-order valence-corrected chi connectivity index (χ3v) is 5.96. The summed E-state index contributed by atoms with van der Waals surface area (Å²) in [6, 6.07) is 4.06. The van der Waals surface area contributed by atoms with Crippen molar-refractivity contribution in [3.8, 4) is 5.88 Å². The second-order valence-corrected chi connectivity index (χ2v) is 7.94. The molecule has 2 aliphatic rings. The number of carbonyl (C=O) groups is 1. The first-order chi connectivity index (χ1) is 15.1. The molecule has 0 aromatic carbocycles. The van der Waals surface area contributed by atoms with Crippen LogP contribution < -0.4 is 9.64 Å². The van der Waals surface area contributed by atoms with Gasteiger partial charge in [0.1, 0.15) is 12.1 Å². The number of aryl methyl sites for hydroxylation is 1. The number of anilines is 1. The molecule has 2 aliphatic heterocycles. The fourth-order valence-electron chi connectivity index (χ4n) is 4.32. The van der Waals surface area contributed by atoms with Crippen molar-refractivity contribution >= 4 is 11.8 Å². The van der Waals surface area contributed by atoms with Crippen molar-refractivity contribution in [2.24, 2.45) is 7.05 Å². The van der Waals surface area contributed by atoms with Crippen LogP contribution in [0.2, 0.25) is 0 Å². The number of nitrogens with zero attached hydrogens (tertiary/aromatic N) is 6. The van der Waals surface area contributed by atoms with Gasteiger partial charge in [0.25, 0.3) is 0 Å². The van der Waals surface area contributed by atoms with Crippen molar-refractivity contribution in [2.45, 2.75) is 43.9 Å². The summed E-state index contributed by atoms with van der Waals surface area (Å²) in [6.07, 6.45) is 3.46. The zero-order valence-corrected chi connectivity index (χ0v) is 18.0. The number of carboxylic acids is 1. The minimum atomic E-state index is -5.08. The molecule has 0 unspecified atom stereocenters. The minimum absolute atomic E-state index is 0.325. The average molecular weight is 456 g/mol. The van der Waals surface area contributed by atoms with Gasteiger partial charge in [0.2, 0.25) is 5.88 Å². The molecule has 1 N–H and O–H groups in total. The van der Waals surface area contributed by atoms with E-state index < -0.39 is 12.1 Å². The van der Waals surface area contributed by atoms with Crippen LogP contribution in [0.3, 0.4) is 0 Å². The molecular weight excluding hydrogens is 429 g/mol. The van der Waals surface area contributed by atoms with Crippen LogP contribution in [0.1, 0.15) is 31.4 Å². The molecule has 0 radical (unpaired) electrons. The Bertz CT molecular complexity index is 912. The van der Waals surface area contributed by atoms with E-state index in [1.165, 1.54) is 37.9 Å². The average Bonchev–Trinajstić information content (AvgIpc) is 3.34. The number of rotatable bonds is 4. The van der Waals surface area contributed by atoms with Crippen molar-refractivity contribution in [1.82, 2.24) is 24.6 Å². The SMILES string of the molecule is COc1cc(N2CCC3(CCCN3Cc3ccn(C)n3)CC2)ncn1.O=C(O)C(F)(F)F. The zero-order chi connectivity index (χ0) is 23.4. The van der Waals surface area contributed by atoms with Crippen molar-refractivity contribution in [3.05, 3.63) is 30.4 Å². The summed E-state index contributed by atoms with van der Waals surface area (Å²) < 4.78 is 38.9. The van der Waals surface area contributed by atoms with E-state index in [4.69, 9.17) is 14.6 Å². The molecule has 2 saturated heterocycles. The van der Waals surface area contributed by atoms with Crippen LogP contribution in [0.25, 0.3) is 0 Å². The third-order valence-electron chi connectivity index (χ3n) is 5.96. The third kappa shape index (κ3) is 5.67. The second-order valence-electron chi connectivity index (χ2n) is 7.94. The Morgan fingerprint density at radius 3 is 2.47 bits per heavy atom. The normalized spacial score (nSPS) is 18.3. The van der Waals surface area contributed by atoms with E-state index in [1.54, 1.807) is 13.4 Å². The number of halogens is 3. The molecule has 4 rings (SSSR count). The van der Waals surface area contributed by atoms with Crippen molar-refractivity contribution in [2.75, 3.05) is 31.6 Å². The van der Waals surface area contributed by atoms with Gasteiger partial charge in [0.05, 0.1) is 12.8 Å². The largest absolute Gasteiger partial charge is 0.490 e. The molecule has 2 aromatic heterocycles. The van der Waals surface area contributed by atoms with E-state index in [9.17, 15) is 13.2 Å². The Morgan fingerprint density at radius 1 is 1.22 bits per heavy atom. The highest BCUT2D eigenvalue weighted by atomic mass is 19.4. The van der Waals surface area contributed by atoms with E-state index in [1.807, 2.05) is 24.0 Å². The van der Waals surface area contributed by atoms with Gasteiger partial charge in [0, 0.05) is 44.5 Å². The number of likely N-dealkylation sites (tertiary alicyclic amines) is 1. The Morgan fingerprint density at radius 2 is 1.91 bits per heavy atom. The number of alkyl halides is 3. The fraction of sp³-hybridized carbons (Fsp3) is 0.600. The molecule has 0 atom stereocenters. The Kier molecular flexibility index (Phi) is 7.22. The molecule has 0 aliphatic carbocycles. The molecule has 176 valence electrons. The lowest BCUT2D eigenvalue weighted by Gasteiger charge is -2.45. The molecule has 0 saturated carbocycles. The first kappa shape index (κ1) is 23.8. The maximum Gasteiger partial charge on any atom is 0.490 e. The zero-order valence-electron chi connectivity index (χ0n) is 18.0. The Labute approximate surface area is 183 Å². The molecule has 0 amide bonds. The number of aromatic nitrogens is 4. The second kappa shape index (κ2) is 9.72. The summed E-state index contributed by atoms with van der Waals surface area (Å²) in [4.78, 5) is 22.4. The molecule has 0 bridgehead atoms. The summed E-state index contributed by atoms with van der Waals surface area (Å²) in [5.74, 6) is -1.16. The predicted octanol–water partition coefficient (Wildman–Crippen LogP) is 2.49. The van der Waals surface area contributed by atoms with Gasteiger partial charge in [-0.1, -0.05) is 0 Å². The number of hydrogen-bond acceptors (Lipinski definition) is 7. The van der Waals surface area contributed by atoms with Crippen molar-refractivity contribution in [3.63, 3.8) is 0 Å². The number of piperidine rings is 1. The standard InChI is InChI=1S/C18H26N6O.C2HF3O2/c1-22-9-4-15(21-22)13-24-8-3-5-18(24)6-10-23(11-7-18)16-12-17(25-2)20-14-19-16;3-2(4,5)1(6)7/h4,9,12,14H,3,5-8,10-11,13H2,1-2H3;(H,6,7). The van der Waals surface area contributed by atoms with Crippen LogP contribution in [-0.2, 0) is 18.4 Å². The van der Waals surface area contributed by atoms with Gasteiger partial charge in [0.15, 0.2) is 0 Å². The number of hydrogen-bond donors (Lipinski definition) is 1. The smallest absolute Gasteiger partial charge is 0.481 e. The summed E-state index contributed by atoms with van der Waals surface area (Å²) in [7, 11) is 3.63. The van der Waals surface area contributed by atoms with Crippen LogP contribution in [0.5, 0.6) is 5.88 Å². The lowest BCUT2D eigenvalue weighted by atomic mass is 9.85. The molecule has 2 aromatic rings. The van der Waals surface area contributed by atoms with Crippen LogP contribution in [0.4, 0.5) is 19.0 Å². The van der Waals surface area contributed by atoms with E-state index in [-0.39, 0.29) is 0 Å². The van der Waals surface area contributed by atoms with Crippen LogP contribution in [0.15, 0.2) is 24.7 Å². The van der Waals surface area contributed by atoms with Gasteiger partial charge >= 0.3 is 12.1 Å². The van der Waals surface area contributed by atoms with Crippen LogP contribution in [-0.4, -0.2) is 74.2 Å². The summed E-state index contributed by atoms with van der Waals surface area (Å²) in [5, 5.41) is 11.7. The summed E-state index contributed by atoms with van der Waals surface area (Å²) in [5.41, 5.74) is 1.50. The first-order valence-electron chi connectivity index (χ1n) is 10.3. The minimum Gasteiger partial charge on any atom is -0.481 e. The van der Waals surface area contributed by atoms with Gasteiger partial charge in [-0.3, -0.25) is 9.58 Å². The van der Waals surface area contributed by atoms with Gasteiger partial charge in [-0.2, -0.15) is 18.3 Å². The molecule has 32 heavy (non-hydrogen) atoms. The number of carboxylic acid groups (broad SMARTS) is 1. The Hall–Kier alpha value is -2.89. The maximum atomic E-state index is 10.6.